The number of aliphatic hydroxyl groups excluding tert-OH is 1. The highest BCUT2D eigenvalue weighted by atomic mass is 19.1. The number of nitrogens with one attached hydrogen (secondary N) is 1. The lowest BCUT2D eigenvalue weighted by atomic mass is 10.1. The molecule has 1 amide bonds. The van der Waals surface area contributed by atoms with Crippen molar-refractivity contribution in [2.45, 2.75) is 12.5 Å². The molecule has 0 aromatic heterocycles. The van der Waals surface area contributed by atoms with E-state index in [0.717, 1.165) is 0 Å². The van der Waals surface area contributed by atoms with Gasteiger partial charge < -0.3 is 15.3 Å². The highest BCUT2D eigenvalue weighted by Gasteiger charge is 2.23. The van der Waals surface area contributed by atoms with Gasteiger partial charge in [-0.2, -0.15) is 0 Å². The summed E-state index contributed by atoms with van der Waals surface area (Å²) >= 11 is 0. The molecule has 130 valence electrons. The Balaban J connectivity index is 1.86. The number of rotatable bonds is 4. The normalized spacial score (nSPS) is 15.1. The van der Waals surface area contributed by atoms with Crippen LogP contribution in [0.4, 0.5) is 21.5 Å². The first kappa shape index (κ1) is 16.8. The summed E-state index contributed by atoms with van der Waals surface area (Å²) in [6.07, 6.45) is -0.802. The fourth-order valence-corrected chi connectivity index (χ4v) is 2.80. The molecule has 2 aromatic rings. The van der Waals surface area contributed by atoms with Gasteiger partial charge in [0.25, 0.3) is 5.69 Å². The third-order valence-electron chi connectivity index (χ3n) is 4.04. The molecule has 0 fully saturated rings. The third-order valence-corrected chi connectivity index (χ3v) is 4.04. The number of anilines is 2. The van der Waals surface area contributed by atoms with Crippen molar-refractivity contribution < 1.29 is 19.2 Å². The van der Waals surface area contributed by atoms with Crippen molar-refractivity contribution in [1.29, 1.82) is 0 Å². The predicted molar refractivity (Wildman–Crippen MR) is 89.9 cm³/mol. The van der Waals surface area contributed by atoms with E-state index < -0.39 is 16.8 Å². The van der Waals surface area contributed by atoms with Crippen LogP contribution in [0.3, 0.4) is 0 Å². The summed E-state index contributed by atoms with van der Waals surface area (Å²) in [7, 11) is 0. The van der Waals surface area contributed by atoms with E-state index in [2.05, 4.69) is 5.32 Å². The van der Waals surface area contributed by atoms with Crippen molar-refractivity contribution in [3.05, 3.63) is 64.0 Å². The average molecular weight is 345 g/mol. The molecule has 1 heterocycles. The highest BCUT2D eigenvalue weighted by Crippen LogP contribution is 2.31. The Morgan fingerprint density at radius 2 is 2.12 bits per heavy atom. The van der Waals surface area contributed by atoms with Crippen LogP contribution in [0.2, 0.25) is 0 Å². The maximum Gasteiger partial charge on any atom is 0.269 e. The van der Waals surface area contributed by atoms with Crippen molar-refractivity contribution >= 4 is 23.0 Å². The van der Waals surface area contributed by atoms with E-state index in [0.29, 0.717) is 23.5 Å². The first-order valence-electron chi connectivity index (χ1n) is 7.71. The minimum absolute atomic E-state index is 0.105. The number of carbonyl (C=O) groups excluding carboxylic acids is 1. The predicted octanol–water partition coefficient (Wildman–Crippen LogP) is 2.62. The lowest BCUT2D eigenvalue weighted by molar-refractivity contribution is -0.385. The van der Waals surface area contributed by atoms with Crippen LogP contribution in [0.1, 0.15) is 18.1 Å². The molecule has 25 heavy (non-hydrogen) atoms. The Morgan fingerprint density at radius 3 is 2.88 bits per heavy atom. The molecule has 0 aliphatic carbocycles. The van der Waals surface area contributed by atoms with Gasteiger partial charge in [-0.3, -0.25) is 14.9 Å². The van der Waals surface area contributed by atoms with Crippen molar-refractivity contribution in [3.8, 4) is 0 Å². The lowest BCUT2D eigenvalue weighted by Crippen LogP contribution is -2.29. The fraction of sp³-hybridized carbons (Fsp3) is 0.235. The van der Waals surface area contributed by atoms with Gasteiger partial charge in [-0.1, -0.05) is 12.1 Å². The van der Waals surface area contributed by atoms with Gasteiger partial charge in [0.1, 0.15) is 5.82 Å². The van der Waals surface area contributed by atoms with Gasteiger partial charge in [-0.25, -0.2) is 4.39 Å². The second-order valence-electron chi connectivity index (χ2n) is 5.77. The largest absolute Gasteiger partial charge is 0.387 e. The number of nitrogens with zero attached hydrogens (tertiary/aromatic N) is 2. The van der Waals surface area contributed by atoms with Gasteiger partial charge in [0, 0.05) is 31.6 Å². The number of nitro benzene ring substituents is 1. The van der Waals surface area contributed by atoms with Gasteiger partial charge in [0.2, 0.25) is 5.91 Å². The molecule has 1 aliphatic rings. The number of hydrogen-bond donors (Lipinski definition) is 2. The standard InChI is InChI=1S/C17H16FN3O4/c18-12-4-5-15-14(9-12)19-17(23)6-7-20(15)10-16(22)11-2-1-3-13(8-11)21(24)25/h1-5,8-9,16,22H,6-7,10H2,(H,19,23). The molecule has 0 saturated carbocycles. The third kappa shape index (κ3) is 3.74. The highest BCUT2D eigenvalue weighted by molar-refractivity contribution is 5.96. The first-order chi connectivity index (χ1) is 11.9. The summed E-state index contributed by atoms with van der Waals surface area (Å²) in [6, 6.07) is 9.82. The summed E-state index contributed by atoms with van der Waals surface area (Å²) in [6.45, 7) is 0.464. The number of halogens is 1. The number of nitro groups is 1. The van der Waals surface area contributed by atoms with E-state index in [1.165, 1.54) is 36.4 Å². The van der Waals surface area contributed by atoms with Crippen LogP contribution >= 0.6 is 0 Å². The van der Waals surface area contributed by atoms with Gasteiger partial charge in [0.15, 0.2) is 0 Å². The van der Waals surface area contributed by atoms with Crippen LogP contribution in [0.5, 0.6) is 0 Å². The number of amides is 1. The SMILES string of the molecule is O=C1CCN(CC(O)c2cccc([N+](=O)[O-])c2)c2ccc(F)cc2N1. The molecular formula is C17H16FN3O4. The Labute approximate surface area is 142 Å². The lowest BCUT2D eigenvalue weighted by Gasteiger charge is -2.26. The van der Waals surface area contributed by atoms with Crippen LogP contribution < -0.4 is 10.2 Å². The summed E-state index contributed by atoms with van der Waals surface area (Å²) in [4.78, 5) is 23.9. The summed E-state index contributed by atoms with van der Waals surface area (Å²) in [5.74, 6) is -0.709. The van der Waals surface area contributed by atoms with Crippen LogP contribution in [0.25, 0.3) is 0 Å². The molecule has 2 N–H and O–H groups in total. The van der Waals surface area contributed by atoms with Gasteiger partial charge in [-0.15, -0.1) is 0 Å². The van der Waals surface area contributed by atoms with Gasteiger partial charge >= 0.3 is 0 Å². The van der Waals surface area contributed by atoms with E-state index >= 15 is 0 Å². The molecule has 3 rings (SSSR count). The van der Waals surface area contributed by atoms with Crippen molar-refractivity contribution in [3.63, 3.8) is 0 Å². The molecule has 1 unspecified atom stereocenters. The van der Waals surface area contributed by atoms with Crippen molar-refractivity contribution in [1.82, 2.24) is 0 Å². The fourth-order valence-electron chi connectivity index (χ4n) is 2.80. The minimum Gasteiger partial charge on any atom is -0.387 e. The smallest absolute Gasteiger partial charge is 0.269 e. The van der Waals surface area contributed by atoms with Crippen molar-refractivity contribution in [2.24, 2.45) is 0 Å². The van der Waals surface area contributed by atoms with E-state index in [1.54, 1.807) is 11.0 Å². The monoisotopic (exact) mass is 345 g/mol. The maximum atomic E-state index is 13.4. The van der Waals surface area contributed by atoms with Crippen molar-refractivity contribution in [2.75, 3.05) is 23.3 Å². The van der Waals surface area contributed by atoms with Gasteiger partial charge in [0.05, 0.1) is 22.4 Å². The minimum atomic E-state index is -0.994. The van der Waals surface area contributed by atoms with Gasteiger partial charge in [-0.05, 0) is 23.8 Å². The Bertz CT molecular complexity index is 827. The molecule has 7 nitrogen and oxygen atoms in total. The zero-order chi connectivity index (χ0) is 18.0. The molecule has 1 atom stereocenters. The van der Waals surface area contributed by atoms with Crippen LogP contribution in [0, 0.1) is 15.9 Å². The maximum absolute atomic E-state index is 13.4. The molecule has 1 aliphatic heterocycles. The molecule has 2 aromatic carbocycles. The zero-order valence-corrected chi connectivity index (χ0v) is 13.2. The van der Waals surface area contributed by atoms with Crippen LogP contribution in [-0.2, 0) is 4.79 Å². The number of benzene rings is 2. The summed E-state index contributed by atoms with van der Waals surface area (Å²) in [5, 5.41) is 24.0. The quantitative estimate of drug-likeness (QED) is 0.656. The molecule has 0 bridgehead atoms. The second kappa shape index (κ2) is 6.86. The summed E-state index contributed by atoms with van der Waals surface area (Å²) in [5.41, 5.74) is 1.23. The number of β-amino-alcohol motifs (C(OH)–C–C–N with tert-alkyl or cyclic N) is 1. The first-order valence-corrected chi connectivity index (χ1v) is 7.71. The number of hydrogen-bond acceptors (Lipinski definition) is 5. The summed E-state index contributed by atoms with van der Waals surface area (Å²) < 4.78 is 13.4. The van der Waals surface area contributed by atoms with E-state index in [4.69, 9.17) is 0 Å². The zero-order valence-electron chi connectivity index (χ0n) is 13.2. The Kier molecular flexibility index (Phi) is 4.62. The molecule has 0 saturated heterocycles. The second-order valence-corrected chi connectivity index (χ2v) is 5.77. The van der Waals surface area contributed by atoms with E-state index in [1.807, 2.05) is 0 Å². The number of aliphatic hydroxyl groups is 1. The van der Waals surface area contributed by atoms with Crippen LogP contribution in [0.15, 0.2) is 42.5 Å². The van der Waals surface area contributed by atoms with E-state index in [9.17, 15) is 24.4 Å². The Hall–Kier alpha value is -3.00. The van der Waals surface area contributed by atoms with E-state index in [-0.39, 0.29) is 24.6 Å². The number of non-ortho nitro benzene ring substituents is 1. The molecule has 8 heteroatoms. The topological polar surface area (TPSA) is 95.7 Å². The molecule has 0 radical (unpaired) electrons. The number of carbonyl (C=O) groups is 1. The average Bonchev–Trinajstić information content (AvgIpc) is 2.73. The Morgan fingerprint density at radius 1 is 1.32 bits per heavy atom. The number of fused-ring (bicyclic) bond motifs is 1. The molecule has 0 spiro atoms. The molecular weight excluding hydrogens is 329 g/mol. The van der Waals surface area contributed by atoms with Crippen LogP contribution in [-0.4, -0.2) is 29.0 Å².